The lowest BCUT2D eigenvalue weighted by atomic mass is 10.0. The Hall–Kier alpha value is -3.21. The molecule has 0 saturated carbocycles. The Labute approximate surface area is 182 Å². The van der Waals surface area contributed by atoms with Crippen molar-refractivity contribution in [2.45, 2.75) is 39.0 Å². The molecule has 31 heavy (non-hydrogen) atoms. The zero-order valence-corrected chi connectivity index (χ0v) is 18.3. The van der Waals surface area contributed by atoms with Gasteiger partial charge in [-0.25, -0.2) is 4.39 Å². The quantitative estimate of drug-likeness (QED) is 0.490. The van der Waals surface area contributed by atoms with Crippen molar-refractivity contribution in [3.05, 3.63) is 76.1 Å². The van der Waals surface area contributed by atoms with Crippen LogP contribution in [0.5, 0.6) is 23.0 Å². The van der Waals surface area contributed by atoms with Gasteiger partial charge in [-0.3, -0.25) is 0 Å². The zero-order chi connectivity index (χ0) is 22.0. The Balaban J connectivity index is 1.57. The van der Waals surface area contributed by atoms with Crippen molar-refractivity contribution in [3.8, 4) is 23.0 Å². The van der Waals surface area contributed by atoms with E-state index in [9.17, 15) is 4.39 Å². The number of hydrogen-bond acceptors (Lipinski definition) is 4. The summed E-state index contributed by atoms with van der Waals surface area (Å²) in [6, 6.07) is 12.9. The van der Waals surface area contributed by atoms with E-state index in [0.717, 1.165) is 58.9 Å². The molecule has 0 heterocycles. The fourth-order valence-corrected chi connectivity index (χ4v) is 4.35. The minimum absolute atomic E-state index is 0.253. The zero-order valence-electron chi connectivity index (χ0n) is 18.3. The maximum atomic E-state index is 14.0. The van der Waals surface area contributed by atoms with Gasteiger partial charge in [0.15, 0.2) is 11.6 Å². The van der Waals surface area contributed by atoms with E-state index < -0.39 is 0 Å². The standard InChI is InChI=1S/C26H28FNO3/c1-16-13-23(28)20-5-4-6-21(20)26(16)31-19-10-12-24(29-2)18(15-19)9-7-17-8-11-25(30-3)22(27)14-17/h8,10-15H,4-7,9,28H2,1-3H3. The summed E-state index contributed by atoms with van der Waals surface area (Å²) in [4.78, 5) is 0. The molecule has 0 saturated heterocycles. The molecule has 5 heteroatoms. The van der Waals surface area contributed by atoms with E-state index in [1.165, 1.54) is 24.3 Å². The van der Waals surface area contributed by atoms with Crippen LogP contribution in [0, 0.1) is 12.7 Å². The minimum Gasteiger partial charge on any atom is -0.496 e. The van der Waals surface area contributed by atoms with Gasteiger partial charge in [-0.15, -0.1) is 0 Å². The average Bonchev–Trinajstić information content (AvgIpc) is 3.26. The molecule has 0 aliphatic heterocycles. The molecule has 3 aromatic rings. The normalized spacial score (nSPS) is 12.5. The van der Waals surface area contributed by atoms with E-state index in [1.807, 2.05) is 37.3 Å². The van der Waals surface area contributed by atoms with Gasteiger partial charge in [-0.2, -0.15) is 0 Å². The van der Waals surface area contributed by atoms with Crippen LogP contribution >= 0.6 is 0 Å². The van der Waals surface area contributed by atoms with Gasteiger partial charge in [0.1, 0.15) is 17.2 Å². The molecule has 0 radical (unpaired) electrons. The first-order chi connectivity index (χ1) is 15.0. The maximum Gasteiger partial charge on any atom is 0.165 e. The summed E-state index contributed by atoms with van der Waals surface area (Å²) in [5.74, 6) is 2.37. The van der Waals surface area contributed by atoms with Crippen LogP contribution in [0.4, 0.5) is 10.1 Å². The number of rotatable bonds is 7. The lowest BCUT2D eigenvalue weighted by Crippen LogP contribution is -2.01. The Morgan fingerprint density at radius 2 is 1.65 bits per heavy atom. The van der Waals surface area contributed by atoms with E-state index in [1.54, 1.807) is 13.2 Å². The molecule has 0 fully saturated rings. The highest BCUT2D eigenvalue weighted by Gasteiger charge is 2.21. The van der Waals surface area contributed by atoms with Crippen LogP contribution in [-0.2, 0) is 25.7 Å². The Morgan fingerprint density at radius 3 is 2.39 bits per heavy atom. The molecule has 0 amide bonds. The Morgan fingerprint density at radius 1 is 0.903 bits per heavy atom. The first kappa shape index (κ1) is 21.0. The van der Waals surface area contributed by atoms with Gasteiger partial charge in [0.2, 0.25) is 0 Å². The lowest BCUT2D eigenvalue weighted by molar-refractivity contribution is 0.386. The predicted octanol–water partition coefficient (Wildman–Crippen LogP) is 5.80. The number of fused-ring (bicyclic) bond motifs is 1. The van der Waals surface area contributed by atoms with Gasteiger partial charge in [-0.05, 0) is 97.7 Å². The number of nitrogens with two attached hydrogens (primary N) is 1. The van der Waals surface area contributed by atoms with Crippen molar-refractivity contribution < 1.29 is 18.6 Å². The summed E-state index contributed by atoms with van der Waals surface area (Å²) >= 11 is 0. The van der Waals surface area contributed by atoms with Gasteiger partial charge >= 0.3 is 0 Å². The van der Waals surface area contributed by atoms with Crippen molar-refractivity contribution in [1.82, 2.24) is 0 Å². The summed E-state index contributed by atoms with van der Waals surface area (Å²) in [6.07, 6.45) is 4.47. The molecule has 1 aliphatic carbocycles. The molecule has 4 rings (SSSR count). The van der Waals surface area contributed by atoms with Crippen molar-refractivity contribution in [3.63, 3.8) is 0 Å². The van der Waals surface area contributed by atoms with Crippen LogP contribution in [0.3, 0.4) is 0 Å². The molecule has 0 unspecified atom stereocenters. The molecule has 162 valence electrons. The Kier molecular flexibility index (Phi) is 6.03. The van der Waals surface area contributed by atoms with Gasteiger partial charge in [0.05, 0.1) is 14.2 Å². The molecule has 0 atom stereocenters. The maximum absolute atomic E-state index is 14.0. The third-order valence-electron chi connectivity index (χ3n) is 5.94. The van der Waals surface area contributed by atoms with Crippen LogP contribution in [0.2, 0.25) is 0 Å². The number of halogens is 1. The van der Waals surface area contributed by atoms with Crippen LogP contribution in [-0.4, -0.2) is 14.2 Å². The molecule has 4 nitrogen and oxygen atoms in total. The van der Waals surface area contributed by atoms with E-state index >= 15 is 0 Å². The summed E-state index contributed by atoms with van der Waals surface area (Å²) in [5.41, 5.74) is 12.5. The van der Waals surface area contributed by atoms with Crippen molar-refractivity contribution in [2.75, 3.05) is 20.0 Å². The minimum atomic E-state index is -0.350. The van der Waals surface area contributed by atoms with Crippen LogP contribution in [0.15, 0.2) is 42.5 Å². The average molecular weight is 422 g/mol. The van der Waals surface area contributed by atoms with Crippen molar-refractivity contribution in [1.29, 1.82) is 0 Å². The molecule has 2 N–H and O–H groups in total. The summed E-state index contributed by atoms with van der Waals surface area (Å²) < 4.78 is 30.9. The molecule has 3 aromatic carbocycles. The fraction of sp³-hybridized carbons (Fsp3) is 0.308. The molecule has 0 aromatic heterocycles. The topological polar surface area (TPSA) is 53.7 Å². The van der Waals surface area contributed by atoms with E-state index in [2.05, 4.69) is 0 Å². The highest BCUT2D eigenvalue weighted by molar-refractivity contribution is 5.62. The fourth-order valence-electron chi connectivity index (χ4n) is 4.35. The number of aryl methyl sites for hydroxylation is 3. The molecular formula is C26H28FNO3. The molecule has 0 spiro atoms. The van der Waals surface area contributed by atoms with Crippen molar-refractivity contribution in [2.24, 2.45) is 0 Å². The number of anilines is 1. The first-order valence-electron chi connectivity index (χ1n) is 10.6. The van der Waals surface area contributed by atoms with Gasteiger partial charge in [0.25, 0.3) is 0 Å². The number of ether oxygens (including phenoxy) is 3. The van der Waals surface area contributed by atoms with E-state index in [-0.39, 0.29) is 11.6 Å². The van der Waals surface area contributed by atoms with Crippen LogP contribution in [0.25, 0.3) is 0 Å². The molecular weight excluding hydrogens is 393 g/mol. The van der Waals surface area contributed by atoms with Crippen molar-refractivity contribution >= 4 is 5.69 Å². The monoisotopic (exact) mass is 421 g/mol. The highest BCUT2D eigenvalue weighted by atomic mass is 19.1. The largest absolute Gasteiger partial charge is 0.496 e. The summed E-state index contributed by atoms with van der Waals surface area (Å²) in [7, 11) is 3.12. The smallest absolute Gasteiger partial charge is 0.165 e. The highest BCUT2D eigenvalue weighted by Crippen LogP contribution is 2.40. The lowest BCUT2D eigenvalue weighted by Gasteiger charge is -2.17. The van der Waals surface area contributed by atoms with Gasteiger partial charge in [-0.1, -0.05) is 6.07 Å². The third-order valence-corrected chi connectivity index (χ3v) is 5.94. The second-order valence-corrected chi connectivity index (χ2v) is 7.97. The van der Waals surface area contributed by atoms with Crippen LogP contribution in [0.1, 0.15) is 34.2 Å². The van der Waals surface area contributed by atoms with E-state index in [4.69, 9.17) is 19.9 Å². The van der Waals surface area contributed by atoms with E-state index in [0.29, 0.717) is 12.8 Å². The second-order valence-electron chi connectivity index (χ2n) is 7.97. The summed E-state index contributed by atoms with van der Waals surface area (Å²) in [6.45, 7) is 2.03. The van der Waals surface area contributed by atoms with Gasteiger partial charge < -0.3 is 19.9 Å². The Bertz CT molecular complexity index is 1110. The summed E-state index contributed by atoms with van der Waals surface area (Å²) in [5, 5.41) is 0. The molecule has 0 bridgehead atoms. The number of benzene rings is 3. The number of hydrogen-bond donors (Lipinski definition) is 1. The SMILES string of the molecule is COc1ccc(CCc2cc(Oc3c(C)cc(N)c4c3CCC4)ccc2OC)cc1F. The first-order valence-corrected chi connectivity index (χ1v) is 10.6. The number of methoxy groups -OCH3 is 2. The van der Waals surface area contributed by atoms with Gasteiger partial charge in [0, 0.05) is 11.3 Å². The second kappa shape index (κ2) is 8.88. The van der Waals surface area contributed by atoms with Crippen LogP contribution < -0.4 is 19.9 Å². The predicted molar refractivity (Wildman–Crippen MR) is 121 cm³/mol. The number of nitrogen functional groups attached to an aromatic ring is 1. The third kappa shape index (κ3) is 4.31. The molecule has 1 aliphatic rings.